The molecule has 1 N–H and O–H groups in total. The third-order valence-electron chi connectivity index (χ3n) is 3.18. The third-order valence-corrected chi connectivity index (χ3v) is 3.18. The van der Waals surface area contributed by atoms with Gasteiger partial charge in [0.05, 0.1) is 0 Å². The van der Waals surface area contributed by atoms with Gasteiger partial charge in [0.15, 0.2) is 0 Å². The quantitative estimate of drug-likeness (QED) is 0.854. The molecular weight excluding hydrogens is 208 g/mol. The van der Waals surface area contributed by atoms with Crippen LogP contribution in [0.1, 0.15) is 25.3 Å². The molecule has 0 saturated carbocycles. The predicted octanol–water partition coefficient (Wildman–Crippen LogP) is 3.23. The molecule has 0 atom stereocenters. The van der Waals surface area contributed by atoms with Crippen molar-refractivity contribution in [3.8, 4) is 0 Å². The maximum Gasteiger partial charge on any atom is 0.0416 e. The van der Waals surface area contributed by atoms with Crippen LogP contribution >= 0.6 is 0 Å². The van der Waals surface area contributed by atoms with Gasteiger partial charge < -0.3 is 10.2 Å². The monoisotopic (exact) mass is 230 g/mol. The highest BCUT2D eigenvalue weighted by atomic mass is 15.1. The Kier molecular flexibility index (Phi) is 4.21. The zero-order chi connectivity index (χ0) is 12.1. The summed E-state index contributed by atoms with van der Waals surface area (Å²) in [5.74, 6) is 0. The number of rotatable bonds is 4. The van der Waals surface area contributed by atoms with Crippen LogP contribution in [0.5, 0.6) is 0 Å². The zero-order valence-corrected chi connectivity index (χ0v) is 10.9. The first-order valence-electron chi connectivity index (χ1n) is 6.52. The summed E-state index contributed by atoms with van der Waals surface area (Å²) in [7, 11) is 2.19. The minimum absolute atomic E-state index is 1.04. The molecule has 0 spiro atoms. The van der Waals surface area contributed by atoms with Gasteiger partial charge in [-0.05, 0) is 31.5 Å². The van der Waals surface area contributed by atoms with Crippen LogP contribution in [0.2, 0.25) is 0 Å². The lowest BCUT2D eigenvalue weighted by atomic mass is 9.99. The van der Waals surface area contributed by atoms with Gasteiger partial charge in [0.25, 0.3) is 0 Å². The molecule has 0 saturated heterocycles. The van der Waals surface area contributed by atoms with Crippen LogP contribution in [0.4, 0.5) is 5.69 Å². The first-order valence-corrected chi connectivity index (χ1v) is 6.52. The van der Waals surface area contributed by atoms with E-state index < -0.39 is 0 Å². The van der Waals surface area contributed by atoms with Gasteiger partial charge in [0, 0.05) is 30.9 Å². The van der Waals surface area contributed by atoms with Crippen molar-refractivity contribution in [2.24, 2.45) is 0 Å². The van der Waals surface area contributed by atoms with Gasteiger partial charge in [0.1, 0.15) is 0 Å². The second-order valence-corrected chi connectivity index (χ2v) is 4.73. The van der Waals surface area contributed by atoms with Crippen LogP contribution in [0, 0.1) is 0 Å². The molecule has 0 bridgehead atoms. The molecule has 1 aliphatic rings. The molecule has 0 aliphatic carbocycles. The first-order chi connectivity index (χ1) is 8.31. The maximum absolute atomic E-state index is 3.52. The fourth-order valence-electron chi connectivity index (χ4n) is 2.27. The third kappa shape index (κ3) is 3.10. The van der Waals surface area contributed by atoms with Crippen molar-refractivity contribution in [3.05, 3.63) is 35.9 Å². The van der Waals surface area contributed by atoms with Crippen molar-refractivity contribution < 1.29 is 0 Å². The summed E-state index contributed by atoms with van der Waals surface area (Å²) in [6, 6.07) is 8.64. The minimum Gasteiger partial charge on any atom is -0.385 e. The van der Waals surface area contributed by atoms with E-state index >= 15 is 0 Å². The lowest BCUT2D eigenvalue weighted by Gasteiger charge is -2.24. The van der Waals surface area contributed by atoms with Crippen LogP contribution in [-0.4, -0.2) is 31.6 Å². The molecule has 1 aromatic carbocycles. The van der Waals surface area contributed by atoms with Crippen LogP contribution in [0.3, 0.4) is 0 Å². The normalized spacial score (nSPS) is 16.7. The number of likely N-dealkylation sites (N-methyl/N-ethyl adjacent to an activating group) is 1. The molecule has 1 aliphatic heterocycles. The Labute approximate surface area is 104 Å². The van der Waals surface area contributed by atoms with Crippen molar-refractivity contribution in [3.63, 3.8) is 0 Å². The number of nitrogens with zero attached hydrogens (tertiary/aromatic N) is 1. The molecule has 92 valence electrons. The van der Waals surface area contributed by atoms with Crippen molar-refractivity contribution in [2.45, 2.75) is 19.8 Å². The van der Waals surface area contributed by atoms with Gasteiger partial charge in [0.2, 0.25) is 0 Å². The Bertz CT molecular complexity index is 396. The summed E-state index contributed by atoms with van der Waals surface area (Å²) in [5.41, 5.74) is 4.10. The van der Waals surface area contributed by atoms with E-state index in [9.17, 15) is 0 Å². The SMILES string of the molecule is CCCNc1ccccc1C1=CCCN(C)C1. The van der Waals surface area contributed by atoms with Gasteiger partial charge in [-0.15, -0.1) is 0 Å². The van der Waals surface area contributed by atoms with E-state index in [0.29, 0.717) is 0 Å². The number of nitrogens with one attached hydrogen (secondary N) is 1. The van der Waals surface area contributed by atoms with Crippen LogP contribution < -0.4 is 5.32 Å². The summed E-state index contributed by atoms with van der Waals surface area (Å²) in [6.45, 7) is 5.47. The van der Waals surface area contributed by atoms with E-state index in [1.165, 1.54) is 23.4 Å². The lowest BCUT2D eigenvalue weighted by molar-refractivity contribution is 0.373. The summed E-state index contributed by atoms with van der Waals surface area (Å²) < 4.78 is 0. The number of hydrogen-bond acceptors (Lipinski definition) is 2. The molecule has 2 nitrogen and oxygen atoms in total. The molecule has 17 heavy (non-hydrogen) atoms. The first kappa shape index (κ1) is 12.2. The van der Waals surface area contributed by atoms with Crippen molar-refractivity contribution in [2.75, 3.05) is 32.0 Å². The van der Waals surface area contributed by atoms with Gasteiger partial charge in [-0.2, -0.15) is 0 Å². The summed E-state index contributed by atoms with van der Waals surface area (Å²) in [5, 5.41) is 3.52. The van der Waals surface area contributed by atoms with Gasteiger partial charge >= 0.3 is 0 Å². The Morgan fingerprint density at radius 3 is 2.88 bits per heavy atom. The Balaban J connectivity index is 2.21. The number of para-hydroxylation sites is 1. The van der Waals surface area contributed by atoms with Crippen LogP contribution in [0.25, 0.3) is 5.57 Å². The smallest absolute Gasteiger partial charge is 0.0416 e. The molecule has 1 aromatic rings. The molecule has 1 heterocycles. The second-order valence-electron chi connectivity index (χ2n) is 4.73. The minimum atomic E-state index is 1.04. The summed E-state index contributed by atoms with van der Waals surface area (Å²) in [4.78, 5) is 2.38. The van der Waals surface area contributed by atoms with Gasteiger partial charge in [-0.1, -0.05) is 31.2 Å². The van der Waals surface area contributed by atoms with E-state index in [2.05, 4.69) is 54.5 Å². The Morgan fingerprint density at radius 1 is 1.29 bits per heavy atom. The maximum atomic E-state index is 3.52. The topological polar surface area (TPSA) is 15.3 Å². The molecule has 0 aromatic heterocycles. The van der Waals surface area contributed by atoms with E-state index in [4.69, 9.17) is 0 Å². The second kappa shape index (κ2) is 5.87. The average molecular weight is 230 g/mol. The number of hydrogen-bond donors (Lipinski definition) is 1. The molecule has 0 unspecified atom stereocenters. The summed E-state index contributed by atoms with van der Waals surface area (Å²) >= 11 is 0. The van der Waals surface area contributed by atoms with Crippen LogP contribution in [0.15, 0.2) is 30.3 Å². The predicted molar refractivity (Wildman–Crippen MR) is 75.3 cm³/mol. The molecule has 0 radical (unpaired) electrons. The molecule has 2 rings (SSSR count). The molecule has 0 fully saturated rings. The number of benzene rings is 1. The van der Waals surface area contributed by atoms with E-state index in [0.717, 1.165) is 25.9 Å². The molecular formula is C15H22N2. The standard InChI is InChI=1S/C15H22N2/c1-3-10-16-15-9-5-4-8-14(15)13-7-6-11-17(2)12-13/h4-5,7-9,16H,3,6,10-12H2,1-2H3. The molecule has 0 amide bonds. The highest BCUT2D eigenvalue weighted by molar-refractivity contribution is 5.77. The largest absolute Gasteiger partial charge is 0.385 e. The average Bonchev–Trinajstić information content (AvgIpc) is 2.37. The molecule has 2 heteroatoms. The van der Waals surface area contributed by atoms with Crippen molar-refractivity contribution in [1.29, 1.82) is 0 Å². The lowest BCUT2D eigenvalue weighted by Crippen LogP contribution is -2.25. The fraction of sp³-hybridized carbons (Fsp3) is 0.467. The van der Waals surface area contributed by atoms with E-state index in [-0.39, 0.29) is 0 Å². The fourth-order valence-corrected chi connectivity index (χ4v) is 2.27. The zero-order valence-electron chi connectivity index (χ0n) is 10.9. The Hall–Kier alpha value is -1.28. The number of anilines is 1. The van der Waals surface area contributed by atoms with Crippen LogP contribution in [-0.2, 0) is 0 Å². The van der Waals surface area contributed by atoms with E-state index in [1.54, 1.807) is 0 Å². The van der Waals surface area contributed by atoms with E-state index in [1.807, 2.05) is 0 Å². The van der Waals surface area contributed by atoms with Gasteiger partial charge in [-0.25, -0.2) is 0 Å². The van der Waals surface area contributed by atoms with Gasteiger partial charge in [-0.3, -0.25) is 0 Å². The summed E-state index contributed by atoms with van der Waals surface area (Å²) in [6.07, 6.45) is 4.70. The Morgan fingerprint density at radius 2 is 2.12 bits per heavy atom. The highest BCUT2D eigenvalue weighted by Crippen LogP contribution is 2.26. The van der Waals surface area contributed by atoms with Crippen molar-refractivity contribution >= 4 is 11.3 Å². The highest BCUT2D eigenvalue weighted by Gasteiger charge is 2.12. The van der Waals surface area contributed by atoms with Crippen molar-refractivity contribution in [1.82, 2.24) is 4.90 Å².